The summed E-state index contributed by atoms with van der Waals surface area (Å²) in [4.78, 5) is 11.8. The van der Waals surface area contributed by atoms with Crippen molar-refractivity contribution in [1.82, 2.24) is 0 Å². The van der Waals surface area contributed by atoms with Crippen molar-refractivity contribution in [3.8, 4) is 5.75 Å². The van der Waals surface area contributed by atoms with E-state index in [-0.39, 0.29) is 0 Å². The lowest BCUT2D eigenvalue weighted by atomic mass is 9.87. The molecule has 7 heteroatoms. The minimum atomic E-state index is -1.67. The molecule has 1 saturated carbocycles. The molecule has 0 aliphatic heterocycles. The highest BCUT2D eigenvalue weighted by molar-refractivity contribution is 5.82. The van der Waals surface area contributed by atoms with Gasteiger partial charge in [-0.25, -0.2) is 8.78 Å². The molecule has 0 aromatic heterocycles. The highest BCUT2D eigenvalue weighted by atomic mass is 19.2. The average Bonchev–Trinajstić information content (AvgIpc) is 2.99. The summed E-state index contributed by atoms with van der Waals surface area (Å²) in [6.07, 6.45) is 2.60. The summed E-state index contributed by atoms with van der Waals surface area (Å²) in [7, 11) is 0.880. The monoisotopic (exact) mass is 346 g/mol. The van der Waals surface area contributed by atoms with E-state index < -0.39 is 63.7 Å². The maximum absolute atomic E-state index is 14.2. The molecule has 1 aliphatic rings. The lowest BCUT2D eigenvalue weighted by molar-refractivity contribution is -0.145. The Morgan fingerprint density at radius 3 is 2.04 bits per heavy atom. The smallest absolute Gasteiger partial charge is 0.311 e. The third kappa shape index (κ3) is 2.21. The molecule has 0 amide bonds. The highest BCUT2D eigenvalue weighted by Gasteiger charge is 2.74. The van der Waals surface area contributed by atoms with Gasteiger partial charge in [-0.05, 0) is 24.7 Å². The van der Waals surface area contributed by atoms with E-state index in [9.17, 15) is 27.5 Å². The van der Waals surface area contributed by atoms with Gasteiger partial charge in [0, 0.05) is 5.56 Å². The third-order valence-electron chi connectivity index (χ3n) is 5.12. The molecule has 132 valence electrons. The molecule has 0 saturated heterocycles. The van der Waals surface area contributed by atoms with Gasteiger partial charge in [-0.3, -0.25) is 4.79 Å². The van der Waals surface area contributed by atoms with E-state index >= 15 is 0 Å². The van der Waals surface area contributed by atoms with Gasteiger partial charge in [-0.15, -0.1) is 0 Å². The van der Waals surface area contributed by atoms with Crippen LogP contribution in [0, 0.1) is 40.0 Å². The molecule has 1 fully saturated rings. The molecular weight excluding hydrogens is 328 g/mol. The number of hydrogen-bond donors (Lipinski definition) is 1. The normalized spacial score (nSPS) is 25.1. The fourth-order valence-corrected chi connectivity index (χ4v) is 3.58. The van der Waals surface area contributed by atoms with Crippen LogP contribution in [0.5, 0.6) is 5.75 Å². The van der Waals surface area contributed by atoms with Gasteiger partial charge in [-0.2, -0.15) is 8.78 Å². The lowest BCUT2D eigenvalue weighted by Gasteiger charge is -2.18. The first-order chi connectivity index (χ1) is 11.1. The number of carboxylic acids is 1. The van der Waals surface area contributed by atoms with Crippen LogP contribution in [0.1, 0.15) is 26.3 Å². The second-order valence-electron chi connectivity index (χ2n) is 6.45. The summed E-state index contributed by atoms with van der Waals surface area (Å²) in [5, 5.41) is 9.63. The highest BCUT2D eigenvalue weighted by Crippen LogP contribution is 2.71. The topological polar surface area (TPSA) is 46.5 Å². The molecule has 0 heterocycles. The fraction of sp³-hybridized carbons (Fsp3) is 0.471. The molecule has 1 N–H and O–H groups in total. The van der Waals surface area contributed by atoms with Crippen molar-refractivity contribution >= 4 is 5.97 Å². The molecule has 1 aromatic rings. The predicted molar refractivity (Wildman–Crippen MR) is 78.7 cm³/mol. The van der Waals surface area contributed by atoms with E-state index in [1.165, 1.54) is 0 Å². The van der Waals surface area contributed by atoms with Gasteiger partial charge in [0.05, 0.1) is 12.5 Å². The molecule has 2 unspecified atom stereocenters. The van der Waals surface area contributed by atoms with Crippen molar-refractivity contribution in [2.24, 2.45) is 16.7 Å². The quantitative estimate of drug-likeness (QED) is 0.496. The summed E-state index contributed by atoms with van der Waals surface area (Å²) in [6.45, 7) is 4.96. The molecule has 3 nitrogen and oxygen atoms in total. The summed E-state index contributed by atoms with van der Waals surface area (Å²) in [6, 6.07) is 0. The van der Waals surface area contributed by atoms with Crippen LogP contribution in [0.25, 0.3) is 0 Å². The third-order valence-corrected chi connectivity index (χ3v) is 5.12. The summed E-state index contributed by atoms with van der Waals surface area (Å²) >= 11 is 0. The molecule has 0 bridgehead atoms. The number of carbonyl (C=O) groups is 1. The zero-order chi connectivity index (χ0) is 18.4. The number of methoxy groups -OCH3 is 1. The van der Waals surface area contributed by atoms with Gasteiger partial charge < -0.3 is 9.84 Å². The number of ether oxygens (including phenoxy) is 1. The number of halogens is 4. The van der Waals surface area contributed by atoms with Gasteiger partial charge in [0.2, 0.25) is 11.6 Å². The molecule has 1 aliphatic carbocycles. The Labute approximate surface area is 136 Å². The van der Waals surface area contributed by atoms with E-state index in [2.05, 4.69) is 4.74 Å². The van der Waals surface area contributed by atoms with Crippen LogP contribution >= 0.6 is 0 Å². The average molecular weight is 346 g/mol. The number of carboxylic acid groups (broad SMARTS) is 1. The van der Waals surface area contributed by atoms with Gasteiger partial charge in [0.25, 0.3) is 0 Å². The Hall–Kier alpha value is -2.05. The van der Waals surface area contributed by atoms with Crippen LogP contribution in [-0.4, -0.2) is 18.2 Å². The van der Waals surface area contributed by atoms with Crippen molar-refractivity contribution in [3.05, 3.63) is 41.0 Å². The first-order valence-electron chi connectivity index (χ1n) is 7.32. The number of rotatable bonds is 5. The minimum Gasteiger partial charge on any atom is -0.491 e. The molecule has 1 aromatic carbocycles. The lowest BCUT2D eigenvalue weighted by Crippen LogP contribution is -2.26. The maximum atomic E-state index is 14.2. The number of hydrogen-bond acceptors (Lipinski definition) is 2. The SMILES string of the molecule is CC=CC1C(C)(C)C1(Cc1c(F)c(F)c(OC)c(F)c1F)C(=O)O. The number of benzene rings is 1. The Balaban J connectivity index is 2.61. The summed E-state index contributed by atoms with van der Waals surface area (Å²) in [5.74, 6) is -9.56. The minimum absolute atomic E-state index is 0.514. The van der Waals surface area contributed by atoms with E-state index in [0.29, 0.717) is 0 Å². The molecule has 0 radical (unpaired) electrons. The predicted octanol–water partition coefficient (Wildman–Crippen LogP) is 4.10. The van der Waals surface area contributed by atoms with Crippen molar-refractivity contribution < 1.29 is 32.2 Å². The van der Waals surface area contributed by atoms with E-state index in [1.807, 2.05) is 0 Å². The van der Waals surface area contributed by atoms with Gasteiger partial charge >= 0.3 is 5.97 Å². The molecule has 24 heavy (non-hydrogen) atoms. The van der Waals surface area contributed by atoms with Gasteiger partial charge in [-0.1, -0.05) is 26.0 Å². The zero-order valence-electron chi connectivity index (χ0n) is 13.7. The number of aliphatic carboxylic acids is 1. The van der Waals surface area contributed by atoms with Crippen molar-refractivity contribution in [1.29, 1.82) is 0 Å². The summed E-state index contributed by atoms with van der Waals surface area (Å²) in [5.41, 5.74) is -3.29. The van der Waals surface area contributed by atoms with Crippen LogP contribution < -0.4 is 4.74 Å². The van der Waals surface area contributed by atoms with Crippen molar-refractivity contribution in [2.45, 2.75) is 27.2 Å². The Kier molecular flexibility index (Phi) is 4.41. The van der Waals surface area contributed by atoms with Crippen LogP contribution in [0.2, 0.25) is 0 Å². The van der Waals surface area contributed by atoms with Crippen molar-refractivity contribution in [2.75, 3.05) is 7.11 Å². The first kappa shape index (κ1) is 18.3. The van der Waals surface area contributed by atoms with E-state index in [0.717, 1.165) is 7.11 Å². The molecular formula is C17H18F4O3. The second kappa shape index (κ2) is 5.79. The van der Waals surface area contributed by atoms with Gasteiger partial charge in [0.1, 0.15) is 0 Å². The van der Waals surface area contributed by atoms with Crippen LogP contribution in [0.4, 0.5) is 17.6 Å². The zero-order valence-corrected chi connectivity index (χ0v) is 13.7. The second-order valence-corrected chi connectivity index (χ2v) is 6.45. The van der Waals surface area contributed by atoms with E-state index in [1.54, 1.807) is 32.9 Å². The largest absolute Gasteiger partial charge is 0.491 e. The molecule has 0 spiro atoms. The van der Waals surface area contributed by atoms with Crippen LogP contribution in [0.15, 0.2) is 12.2 Å². The van der Waals surface area contributed by atoms with Crippen LogP contribution in [-0.2, 0) is 11.2 Å². The molecule has 2 rings (SSSR count). The Bertz CT molecular complexity index is 698. The van der Waals surface area contributed by atoms with Crippen molar-refractivity contribution in [3.63, 3.8) is 0 Å². The molecule has 2 atom stereocenters. The van der Waals surface area contributed by atoms with Gasteiger partial charge in [0.15, 0.2) is 17.4 Å². The number of allylic oxidation sites excluding steroid dienone is 2. The standard InChI is InChI=1S/C17H18F4O3/c1-5-6-9-16(2,3)17(9,15(22)23)7-8-10(18)12(20)14(24-4)13(21)11(8)19/h5-6,9H,7H2,1-4H3,(H,22,23). The Morgan fingerprint density at radius 1 is 1.17 bits per heavy atom. The van der Waals surface area contributed by atoms with E-state index in [4.69, 9.17) is 0 Å². The fourth-order valence-electron chi connectivity index (χ4n) is 3.58. The van der Waals surface area contributed by atoms with Crippen LogP contribution in [0.3, 0.4) is 0 Å². The Morgan fingerprint density at radius 2 is 1.67 bits per heavy atom. The maximum Gasteiger partial charge on any atom is 0.311 e. The first-order valence-corrected chi connectivity index (χ1v) is 7.32. The summed E-state index contributed by atoms with van der Waals surface area (Å²) < 4.78 is 60.5.